The van der Waals surface area contributed by atoms with E-state index in [4.69, 9.17) is 0 Å². The minimum Gasteiger partial charge on any atom is -0.508 e. The third-order valence-electron chi connectivity index (χ3n) is 3.21. The molecule has 0 spiro atoms. The highest BCUT2D eigenvalue weighted by Crippen LogP contribution is 2.21. The number of amides is 2. The van der Waals surface area contributed by atoms with Crippen molar-refractivity contribution in [1.82, 2.24) is 0 Å². The van der Waals surface area contributed by atoms with Crippen LogP contribution in [-0.4, -0.2) is 16.9 Å². The number of phenolic OH excluding ortho intramolecular Hbond substituents is 1. The average Bonchev–Trinajstić information content (AvgIpc) is 2.50. The maximum atomic E-state index is 12.2. The maximum absolute atomic E-state index is 12.2. The van der Waals surface area contributed by atoms with Crippen molar-refractivity contribution in [3.05, 3.63) is 53.6 Å². The highest BCUT2D eigenvalue weighted by molar-refractivity contribution is 6.05. The lowest BCUT2D eigenvalue weighted by atomic mass is 10.1. The summed E-state index contributed by atoms with van der Waals surface area (Å²) in [6.07, 6.45) is 0.405. The molecule has 22 heavy (non-hydrogen) atoms. The number of benzene rings is 2. The Balaban J connectivity index is 2.08. The van der Waals surface area contributed by atoms with Crippen LogP contribution in [0.3, 0.4) is 0 Å². The van der Waals surface area contributed by atoms with Crippen LogP contribution in [0.5, 0.6) is 5.75 Å². The molecule has 5 heteroatoms. The van der Waals surface area contributed by atoms with Gasteiger partial charge in [-0.15, -0.1) is 0 Å². The fourth-order valence-corrected chi connectivity index (χ4v) is 1.94. The summed E-state index contributed by atoms with van der Waals surface area (Å²) in [5.41, 5.74) is 2.57. The van der Waals surface area contributed by atoms with Crippen LogP contribution in [0.2, 0.25) is 0 Å². The summed E-state index contributed by atoms with van der Waals surface area (Å²) in [6.45, 7) is 3.58. The molecular weight excluding hydrogens is 280 g/mol. The zero-order valence-corrected chi connectivity index (χ0v) is 12.5. The van der Waals surface area contributed by atoms with Gasteiger partial charge in [0, 0.05) is 23.4 Å². The number of hydrogen-bond donors (Lipinski definition) is 3. The SMILES string of the molecule is CCC(=O)Nc1ccc(C(=O)Nc2ccc(O)cc2C)cc1. The molecule has 0 radical (unpaired) electrons. The largest absolute Gasteiger partial charge is 0.508 e. The molecule has 2 rings (SSSR count). The fraction of sp³-hybridized carbons (Fsp3) is 0.176. The average molecular weight is 298 g/mol. The molecule has 0 fully saturated rings. The number of carbonyl (C=O) groups is 2. The summed E-state index contributed by atoms with van der Waals surface area (Å²) in [4.78, 5) is 23.5. The number of hydrogen-bond acceptors (Lipinski definition) is 3. The van der Waals surface area contributed by atoms with Gasteiger partial charge in [0.15, 0.2) is 0 Å². The van der Waals surface area contributed by atoms with E-state index in [0.29, 0.717) is 23.4 Å². The van der Waals surface area contributed by atoms with E-state index in [2.05, 4.69) is 10.6 Å². The predicted octanol–water partition coefficient (Wildman–Crippen LogP) is 3.30. The number of aryl methyl sites for hydroxylation is 1. The second-order valence-corrected chi connectivity index (χ2v) is 4.93. The van der Waals surface area contributed by atoms with Crippen molar-refractivity contribution in [2.45, 2.75) is 20.3 Å². The van der Waals surface area contributed by atoms with Gasteiger partial charge in [-0.3, -0.25) is 9.59 Å². The minimum atomic E-state index is -0.248. The quantitative estimate of drug-likeness (QED) is 0.758. The molecule has 0 saturated carbocycles. The predicted molar refractivity (Wildman–Crippen MR) is 86.2 cm³/mol. The van der Waals surface area contributed by atoms with Gasteiger partial charge >= 0.3 is 0 Å². The van der Waals surface area contributed by atoms with Crippen molar-refractivity contribution < 1.29 is 14.7 Å². The lowest BCUT2D eigenvalue weighted by Gasteiger charge is -2.09. The number of nitrogens with one attached hydrogen (secondary N) is 2. The Labute approximate surface area is 129 Å². The zero-order chi connectivity index (χ0) is 16.1. The third-order valence-corrected chi connectivity index (χ3v) is 3.21. The van der Waals surface area contributed by atoms with E-state index < -0.39 is 0 Å². The molecule has 0 atom stereocenters. The summed E-state index contributed by atoms with van der Waals surface area (Å²) in [5, 5.41) is 14.9. The highest BCUT2D eigenvalue weighted by atomic mass is 16.3. The van der Waals surface area contributed by atoms with Gasteiger partial charge in [-0.1, -0.05) is 6.92 Å². The minimum absolute atomic E-state index is 0.0723. The number of anilines is 2. The van der Waals surface area contributed by atoms with Crippen molar-refractivity contribution in [1.29, 1.82) is 0 Å². The molecular formula is C17H18N2O3. The van der Waals surface area contributed by atoms with Crippen molar-refractivity contribution in [3.8, 4) is 5.75 Å². The van der Waals surface area contributed by atoms with Gasteiger partial charge in [-0.2, -0.15) is 0 Å². The summed E-state index contributed by atoms with van der Waals surface area (Å²) < 4.78 is 0. The summed E-state index contributed by atoms with van der Waals surface area (Å²) in [7, 11) is 0. The van der Waals surface area contributed by atoms with E-state index in [0.717, 1.165) is 5.56 Å². The first kappa shape index (κ1) is 15.6. The summed E-state index contributed by atoms with van der Waals surface area (Å²) in [5.74, 6) is -0.161. The topological polar surface area (TPSA) is 78.4 Å². The lowest BCUT2D eigenvalue weighted by Crippen LogP contribution is -2.13. The highest BCUT2D eigenvalue weighted by Gasteiger charge is 2.08. The lowest BCUT2D eigenvalue weighted by molar-refractivity contribution is -0.115. The number of phenols is 1. The zero-order valence-electron chi connectivity index (χ0n) is 12.5. The van der Waals surface area contributed by atoms with Crippen molar-refractivity contribution >= 4 is 23.2 Å². The van der Waals surface area contributed by atoms with Gasteiger partial charge in [0.05, 0.1) is 0 Å². The molecule has 0 aliphatic rings. The molecule has 0 bridgehead atoms. The fourth-order valence-electron chi connectivity index (χ4n) is 1.94. The van der Waals surface area contributed by atoms with Crippen LogP contribution in [0, 0.1) is 6.92 Å². The number of carbonyl (C=O) groups excluding carboxylic acids is 2. The molecule has 2 aromatic rings. The van der Waals surface area contributed by atoms with Crippen LogP contribution < -0.4 is 10.6 Å². The first-order valence-corrected chi connectivity index (χ1v) is 7.00. The van der Waals surface area contributed by atoms with Crippen molar-refractivity contribution in [2.75, 3.05) is 10.6 Å². The molecule has 2 amide bonds. The van der Waals surface area contributed by atoms with E-state index in [9.17, 15) is 14.7 Å². The second-order valence-electron chi connectivity index (χ2n) is 4.93. The van der Waals surface area contributed by atoms with Gasteiger partial charge in [0.25, 0.3) is 5.91 Å². The van der Waals surface area contributed by atoms with Crippen molar-refractivity contribution in [2.24, 2.45) is 0 Å². The Kier molecular flexibility index (Phi) is 4.78. The Bertz CT molecular complexity index is 694. The Morgan fingerprint density at radius 1 is 1.05 bits per heavy atom. The molecule has 2 aromatic carbocycles. The second kappa shape index (κ2) is 6.76. The monoisotopic (exact) mass is 298 g/mol. The van der Waals surface area contributed by atoms with Gasteiger partial charge in [0.1, 0.15) is 5.75 Å². The molecule has 0 unspecified atom stereocenters. The third kappa shape index (κ3) is 3.85. The van der Waals surface area contributed by atoms with E-state index >= 15 is 0 Å². The Morgan fingerprint density at radius 2 is 1.73 bits per heavy atom. The summed E-state index contributed by atoms with van der Waals surface area (Å²) >= 11 is 0. The standard InChI is InChI=1S/C17H18N2O3/c1-3-16(21)18-13-6-4-12(5-7-13)17(22)19-15-9-8-14(20)10-11(15)2/h4-10,20H,3H2,1-2H3,(H,18,21)(H,19,22). The number of rotatable bonds is 4. The van der Waals surface area contributed by atoms with Crippen LogP contribution in [0.1, 0.15) is 29.3 Å². The van der Waals surface area contributed by atoms with E-state index in [1.165, 1.54) is 6.07 Å². The van der Waals surface area contributed by atoms with E-state index in [1.54, 1.807) is 50.2 Å². The molecule has 114 valence electrons. The van der Waals surface area contributed by atoms with Crippen LogP contribution in [0.4, 0.5) is 11.4 Å². The van der Waals surface area contributed by atoms with Crippen molar-refractivity contribution in [3.63, 3.8) is 0 Å². The normalized spacial score (nSPS) is 10.1. The first-order chi connectivity index (χ1) is 10.5. The molecule has 0 heterocycles. The van der Waals surface area contributed by atoms with Crippen LogP contribution in [-0.2, 0) is 4.79 Å². The van der Waals surface area contributed by atoms with Gasteiger partial charge in [-0.05, 0) is 55.0 Å². The summed E-state index contributed by atoms with van der Waals surface area (Å²) in [6, 6.07) is 11.4. The molecule has 0 aliphatic heterocycles. The molecule has 0 saturated heterocycles. The van der Waals surface area contributed by atoms with E-state index in [-0.39, 0.29) is 17.6 Å². The van der Waals surface area contributed by atoms with Crippen LogP contribution >= 0.6 is 0 Å². The van der Waals surface area contributed by atoms with Gasteiger partial charge < -0.3 is 15.7 Å². The number of aromatic hydroxyl groups is 1. The van der Waals surface area contributed by atoms with Crippen LogP contribution in [0.25, 0.3) is 0 Å². The van der Waals surface area contributed by atoms with E-state index in [1.807, 2.05) is 0 Å². The van der Waals surface area contributed by atoms with Gasteiger partial charge in [-0.25, -0.2) is 0 Å². The van der Waals surface area contributed by atoms with Crippen LogP contribution in [0.15, 0.2) is 42.5 Å². The maximum Gasteiger partial charge on any atom is 0.255 e. The molecule has 3 N–H and O–H groups in total. The van der Waals surface area contributed by atoms with Gasteiger partial charge in [0.2, 0.25) is 5.91 Å². The first-order valence-electron chi connectivity index (χ1n) is 7.00. The smallest absolute Gasteiger partial charge is 0.255 e. The Hall–Kier alpha value is -2.82. The molecule has 0 aliphatic carbocycles. The molecule has 0 aromatic heterocycles. The Morgan fingerprint density at radius 3 is 2.32 bits per heavy atom. The molecule has 5 nitrogen and oxygen atoms in total.